The number of aromatic nitrogens is 1. The van der Waals surface area contributed by atoms with E-state index >= 15 is 0 Å². The Bertz CT molecular complexity index is 869. The van der Waals surface area contributed by atoms with E-state index in [9.17, 15) is 4.79 Å². The second-order valence-electron chi connectivity index (χ2n) is 6.03. The summed E-state index contributed by atoms with van der Waals surface area (Å²) in [6, 6.07) is 12.3. The number of hydrogen-bond donors (Lipinski definition) is 2. The fourth-order valence-electron chi connectivity index (χ4n) is 2.71. The second kappa shape index (κ2) is 7.21. The van der Waals surface area contributed by atoms with Gasteiger partial charge in [0.05, 0.1) is 6.20 Å². The number of hydrogen-bond acceptors (Lipinski definition) is 4. The van der Waals surface area contributed by atoms with E-state index in [1.807, 2.05) is 20.0 Å². The molecule has 0 unspecified atom stereocenters. The van der Waals surface area contributed by atoms with E-state index < -0.39 is 0 Å². The van der Waals surface area contributed by atoms with Crippen molar-refractivity contribution in [2.24, 2.45) is 0 Å². The highest BCUT2D eigenvalue weighted by Crippen LogP contribution is 2.29. The average Bonchev–Trinajstić information content (AvgIpc) is 3.14. The fraction of sp³-hybridized carbons (Fsp3) is 0.200. The Kier molecular flexibility index (Phi) is 4.84. The molecule has 0 radical (unpaired) electrons. The number of carbonyl (C=O) groups is 1. The number of nitrogens with zero attached hydrogens (tertiary/aromatic N) is 1. The van der Waals surface area contributed by atoms with Crippen LogP contribution in [-0.2, 0) is 6.54 Å². The van der Waals surface area contributed by atoms with Crippen LogP contribution in [0.15, 0.2) is 53.4 Å². The Hall–Kier alpha value is -3.08. The van der Waals surface area contributed by atoms with Gasteiger partial charge in [-0.3, -0.25) is 4.79 Å². The number of aryl methyl sites for hydroxylation is 1. The molecule has 1 aromatic heterocycles. The van der Waals surface area contributed by atoms with Gasteiger partial charge in [-0.15, -0.1) is 0 Å². The Labute approximate surface area is 147 Å². The summed E-state index contributed by atoms with van der Waals surface area (Å²) in [6.07, 6.45) is 3.11. The third kappa shape index (κ3) is 3.71. The molecule has 5 nitrogen and oxygen atoms in total. The first kappa shape index (κ1) is 16.8. The molecule has 1 heterocycles. The lowest BCUT2D eigenvalue weighted by atomic mass is 9.97. The molecule has 25 heavy (non-hydrogen) atoms. The van der Waals surface area contributed by atoms with Crippen molar-refractivity contribution in [3.8, 4) is 11.1 Å². The topological polar surface area (TPSA) is 67.2 Å². The van der Waals surface area contributed by atoms with E-state index in [0.717, 1.165) is 27.9 Å². The van der Waals surface area contributed by atoms with Crippen LogP contribution >= 0.6 is 0 Å². The van der Waals surface area contributed by atoms with Gasteiger partial charge in [-0.1, -0.05) is 35.0 Å². The molecular formula is C20H21N3O2. The van der Waals surface area contributed by atoms with Crippen LogP contribution in [0.1, 0.15) is 27.0 Å². The zero-order valence-electron chi connectivity index (χ0n) is 14.6. The zero-order chi connectivity index (χ0) is 17.8. The molecule has 0 saturated heterocycles. The molecule has 0 fully saturated rings. The lowest BCUT2D eigenvalue weighted by Gasteiger charge is -2.14. The molecule has 1 amide bonds. The lowest BCUT2D eigenvalue weighted by Crippen LogP contribution is -2.23. The second-order valence-corrected chi connectivity index (χ2v) is 6.03. The number of amides is 1. The standard InChI is InChI=1S/C20H21N3O2/c1-13-4-6-16(7-5-13)17-8-18(14(2)19(9-17)21-3)20(24)22-10-15-11-23-25-12-15/h4-9,11-12,21H,10H2,1-3H3,(H,22,24). The van der Waals surface area contributed by atoms with Crippen molar-refractivity contribution in [1.29, 1.82) is 0 Å². The molecule has 0 atom stereocenters. The van der Waals surface area contributed by atoms with Gasteiger partial charge in [0, 0.05) is 30.4 Å². The van der Waals surface area contributed by atoms with E-state index in [0.29, 0.717) is 12.1 Å². The van der Waals surface area contributed by atoms with Gasteiger partial charge in [0.1, 0.15) is 6.26 Å². The van der Waals surface area contributed by atoms with Crippen LogP contribution in [-0.4, -0.2) is 18.1 Å². The van der Waals surface area contributed by atoms with Crippen molar-refractivity contribution in [2.45, 2.75) is 20.4 Å². The van der Waals surface area contributed by atoms with Gasteiger partial charge in [-0.25, -0.2) is 0 Å². The molecule has 3 rings (SSSR count). The van der Waals surface area contributed by atoms with Crippen molar-refractivity contribution < 1.29 is 9.32 Å². The first-order valence-electron chi connectivity index (χ1n) is 8.14. The SMILES string of the molecule is CNc1cc(-c2ccc(C)cc2)cc(C(=O)NCc2cnoc2)c1C. The van der Waals surface area contributed by atoms with Crippen molar-refractivity contribution >= 4 is 11.6 Å². The molecule has 5 heteroatoms. The Morgan fingerprint density at radius 3 is 2.52 bits per heavy atom. The fourth-order valence-corrected chi connectivity index (χ4v) is 2.71. The maximum absolute atomic E-state index is 12.7. The van der Waals surface area contributed by atoms with Crippen LogP contribution < -0.4 is 10.6 Å². The minimum atomic E-state index is -0.121. The summed E-state index contributed by atoms with van der Waals surface area (Å²) < 4.78 is 4.79. The minimum absolute atomic E-state index is 0.121. The van der Waals surface area contributed by atoms with Gasteiger partial charge in [-0.2, -0.15) is 0 Å². The molecule has 0 bridgehead atoms. The maximum atomic E-state index is 12.7. The molecular weight excluding hydrogens is 314 g/mol. The Morgan fingerprint density at radius 2 is 1.88 bits per heavy atom. The Balaban J connectivity index is 1.92. The van der Waals surface area contributed by atoms with Crippen LogP contribution in [0.5, 0.6) is 0 Å². The number of anilines is 1. The summed E-state index contributed by atoms with van der Waals surface area (Å²) in [5.74, 6) is -0.121. The summed E-state index contributed by atoms with van der Waals surface area (Å²) in [5, 5.41) is 9.73. The molecule has 0 aliphatic carbocycles. The summed E-state index contributed by atoms with van der Waals surface area (Å²) in [6.45, 7) is 4.38. The van der Waals surface area contributed by atoms with Crippen molar-refractivity contribution in [1.82, 2.24) is 10.5 Å². The third-order valence-electron chi connectivity index (χ3n) is 4.24. The Morgan fingerprint density at radius 1 is 1.12 bits per heavy atom. The van der Waals surface area contributed by atoms with E-state index in [4.69, 9.17) is 4.52 Å². The van der Waals surface area contributed by atoms with Crippen molar-refractivity contribution in [3.63, 3.8) is 0 Å². The van der Waals surface area contributed by atoms with E-state index in [2.05, 4.69) is 53.0 Å². The summed E-state index contributed by atoms with van der Waals surface area (Å²) in [4.78, 5) is 12.7. The van der Waals surface area contributed by atoms with E-state index in [1.54, 1.807) is 6.20 Å². The van der Waals surface area contributed by atoms with Gasteiger partial charge in [0.25, 0.3) is 5.91 Å². The molecule has 2 aromatic carbocycles. The molecule has 0 aliphatic rings. The van der Waals surface area contributed by atoms with Gasteiger partial charge < -0.3 is 15.2 Å². The van der Waals surface area contributed by atoms with Gasteiger partial charge >= 0.3 is 0 Å². The quantitative estimate of drug-likeness (QED) is 0.741. The summed E-state index contributed by atoms with van der Waals surface area (Å²) >= 11 is 0. The highest BCUT2D eigenvalue weighted by atomic mass is 16.5. The highest BCUT2D eigenvalue weighted by molar-refractivity contribution is 5.98. The highest BCUT2D eigenvalue weighted by Gasteiger charge is 2.14. The monoisotopic (exact) mass is 335 g/mol. The smallest absolute Gasteiger partial charge is 0.251 e. The summed E-state index contributed by atoms with van der Waals surface area (Å²) in [5.41, 5.74) is 6.62. The first-order valence-corrected chi connectivity index (χ1v) is 8.14. The molecule has 3 aromatic rings. The average molecular weight is 335 g/mol. The minimum Gasteiger partial charge on any atom is -0.388 e. The molecule has 0 spiro atoms. The van der Waals surface area contributed by atoms with Crippen LogP contribution in [0.25, 0.3) is 11.1 Å². The van der Waals surface area contributed by atoms with Crippen LogP contribution in [0, 0.1) is 13.8 Å². The van der Waals surface area contributed by atoms with Gasteiger partial charge in [0.2, 0.25) is 0 Å². The lowest BCUT2D eigenvalue weighted by molar-refractivity contribution is 0.0950. The number of nitrogens with one attached hydrogen (secondary N) is 2. The van der Waals surface area contributed by atoms with Crippen LogP contribution in [0.3, 0.4) is 0 Å². The molecule has 2 N–H and O–H groups in total. The normalized spacial score (nSPS) is 10.5. The molecule has 0 aliphatic heterocycles. The number of rotatable bonds is 5. The maximum Gasteiger partial charge on any atom is 0.251 e. The van der Waals surface area contributed by atoms with Crippen LogP contribution in [0.4, 0.5) is 5.69 Å². The third-order valence-corrected chi connectivity index (χ3v) is 4.24. The number of benzene rings is 2. The van der Waals surface area contributed by atoms with Crippen molar-refractivity contribution in [3.05, 3.63) is 71.1 Å². The van der Waals surface area contributed by atoms with Crippen LogP contribution in [0.2, 0.25) is 0 Å². The molecule has 128 valence electrons. The largest absolute Gasteiger partial charge is 0.388 e. The molecule has 0 saturated carbocycles. The van der Waals surface area contributed by atoms with Crippen molar-refractivity contribution in [2.75, 3.05) is 12.4 Å². The van der Waals surface area contributed by atoms with Gasteiger partial charge in [-0.05, 0) is 42.7 Å². The van der Waals surface area contributed by atoms with Gasteiger partial charge in [0.15, 0.2) is 0 Å². The zero-order valence-corrected chi connectivity index (χ0v) is 14.6. The predicted octanol–water partition coefficient (Wildman–Crippen LogP) is 3.93. The number of carbonyl (C=O) groups excluding carboxylic acids is 1. The van der Waals surface area contributed by atoms with E-state index in [1.165, 1.54) is 11.8 Å². The van der Waals surface area contributed by atoms with E-state index in [-0.39, 0.29) is 5.91 Å². The summed E-state index contributed by atoms with van der Waals surface area (Å²) in [7, 11) is 1.86. The predicted molar refractivity (Wildman–Crippen MR) is 98.6 cm³/mol. The first-order chi connectivity index (χ1) is 12.1.